The van der Waals surface area contributed by atoms with Crippen molar-refractivity contribution in [3.63, 3.8) is 0 Å². The standard InChI is InChI=1S/C25H28N4O2S/c30-25(27-18-19-7-6-16-26-17-19)28-21-12-14-22(15-13-21)29-32(31)24-11-5-4-10-23(24)20-8-2-1-3-9-20/h1-11,16-17,21-22,29H,12-15,18H2,(H2,27,28,30)/t21-,22-,32?. The number of nitrogens with one attached hydrogen (secondary N) is 3. The molecule has 2 aromatic carbocycles. The molecule has 7 heteroatoms. The summed E-state index contributed by atoms with van der Waals surface area (Å²) in [5, 5.41) is 5.93. The molecule has 0 aliphatic heterocycles. The summed E-state index contributed by atoms with van der Waals surface area (Å²) in [5.74, 6) is 0. The van der Waals surface area contributed by atoms with Crippen LogP contribution in [0.15, 0.2) is 84.0 Å². The molecule has 0 spiro atoms. The third-order valence-corrected chi connectivity index (χ3v) is 6.99. The molecule has 1 unspecified atom stereocenters. The van der Waals surface area contributed by atoms with Gasteiger partial charge in [0.25, 0.3) is 0 Å². The average molecular weight is 449 g/mol. The molecule has 4 rings (SSSR count). The van der Waals surface area contributed by atoms with Crippen LogP contribution in [0.2, 0.25) is 0 Å². The van der Waals surface area contributed by atoms with E-state index in [-0.39, 0.29) is 18.1 Å². The van der Waals surface area contributed by atoms with Gasteiger partial charge in [-0.15, -0.1) is 4.72 Å². The lowest BCUT2D eigenvalue weighted by Gasteiger charge is -2.29. The van der Waals surface area contributed by atoms with E-state index in [1.807, 2.05) is 66.7 Å². The summed E-state index contributed by atoms with van der Waals surface area (Å²) in [7, 11) is 0. The van der Waals surface area contributed by atoms with Crippen molar-refractivity contribution in [2.45, 2.75) is 49.2 Å². The summed E-state index contributed by atoms with van der Waals surface area (Å²) in [6.07, 6.45) is 6.90. The number of amides is 2. The van der Waals surface area contributed by atoms with Gasteiger partial charge >= 0.3 is 6.03 Å². The quantitative estimate of drug-likeness (QED) is 0.473. The Kier molecular flexibility index (Phi) is 7.77. The van der Waals surface area contributed by atoms with Crippen LogP contribution in [-0.2, 0) is 17.9 Å². The maximum Gasteiger partial charge on any atom is 0.315 e. The van der Waals surface area contributed by atoms with Gasteiger partial charge in [0.1, 0.15) is 0 Å². The van der Waals surface area contributed by atoms with E-state index in [4.69, 9.17) is 0 Å². The monoisotopic (exact) mass is 448 g/mol. The second-order valence-corrected chi connectivity index (χ2v) is 9.20. The minimum atomic E-state index is -1.29. The maximum absolute atomic E-state index is 13.1. The highest BCUT2D eigenvalue weighted by atomic mass is 32.2. The van der Waals surface area contributed by atoms with Crippen LogP contribution in [0, 0.1) is 0 Å². The first-order valence-corrected chi connectivity index (χ1v) is 12.1. The lowest BCUT2D eigenvalue weighted by atomic mass is 9.92. The first-order chi connectivity index (χ1) is 15.7. The number of pyridine rings is 1. The predicted octanol–water partition coefficient (Wildman–Crippen LogP) is 4.17. The molecular weight excluding hydrogens is 420 g/mol. The van der Waals surface area contributed by atoms with E-state index in [2.05, 4.69) is 20.3 Å². The molecule has 3 N–H and O–H groups in total. The molecule has 1 aliphatic rings. The summed E-state index contributed by atoms with van der Waals surface area (Å²) in [4.78, 5) is 17.0. The Labute approximate surface area is 192 Å². The van der Waals surface area contributed by atoms with E-state index in [1.54, 1.807) is 12.4 Å². The van der Waals surface area contributed by atoms with Crippen LogP contribution in [0.3, 0.4) is 0 Å². The van der Waals surface area contributed by atoms with Crippen LogP contribution in [0.5, 0.6) is 0 Å². The second-order valence-electron chi connectivity index (χ2n) is 7.99. The molecule has 1 saturated carbocycles. The average Bonchev–Trinajstić information content (AvgIpc) is 2.85. The number of benzene rings is 2. The highest BCUT2D eigenvalue weighted by molar-refractivity contribution is 7.89. The van der Waals surface area contributed by atoms with Crippen LogP contribution < -0.4 is 15.4 Å². The minimum Gasteiger partial charge on any atom is -0.593 e. The Morgan fingerprint density at radius 1 is 0.938 bits per heavy atom. The van der Waals surface area contributed by atoms with Crippen molar-refractivity contribution in [3.05, 3.63) is 84.7 Å². The molecule has 166 valence electrons. The van der Waals surface area contributed by atoms with Gasteiger partial charge in [0, 0.05) is 30.5 Å². The van der Waals surface area contributed by atoms with Crippen molar-refractivity contribution in [2.24, 2.45) is 0 Å². The fraction of sp³-hybridized carbons (Fsp3) is 0.280. The first-order valence-electron chi connectivity index (χ1n) is 10.9. The van der Waals surface area contributed by atoms with E-state index < -0.39 is 11.4 Å². The van der Waals surface area contributed by atoms with Gasteiger partial charge in [-0.3, -0.25) is 4.98 Å². The topological polar surface area (TPSA) is 89.1 Å². The molecule has 0 bridgehead atoms. The molecule has 2 amide bonds. The van der Waals surface area contributed by atoms with Gasteiger partial charge in [-0.05, 0) is 55.0 Å². The summed E-state index contributed by atoms with van der Waals surface area (Å²) in [6.45, 7) is 0.455. The number of carbonyl (C=O) groups is 1. The molecule has 1 atom stereocenters. The highest BCUT2D eigenvalue weighted by Crippen LogP contribution is 2.28. The van der Waals surface area contributed by atoms with Crippen LogP contribution in [0.1, 0.15) is 31.2 Å². The Bertz CT molecular complexity index is 995. The molecule has 1 aromatic heterocycles. The van der Waals surface area contributed by atoms with Crippen molar-refractivity contribution in [2.75, 3.05) is 0 Å². The SMILES string of the molecule is O=C(NCc1cccnc1)N[C@H]1CC[C@H](N[S+]([O-])c2ccccc2-c2ccccc2)CC1. The van der Waals surface area contributed by atoms with Gasteiger partial charge in [-0.2, -0.15) is 0 Å². The van der Waals surface area contributed by atoms with Crippen LogP contribution >= 0.6 is 0 Å². The Hall–Kier alpha value is -2.87. The van der Waals surface area contributed by atoms with Gasteiger partial charge in [0.15, 0.2) is 4.90 Å². The van der Waals surface area contributed by atoms with Crippen LogP contribution in [0.4, 0.5) is 4.79 Å². The lowest BCUT2D eigenvalue weighted by Crippen LogP contribution is -2.46. The van der Waals surface area contributed by atoms with Gasteiger partial charge in [0.05, 0.1) is 17.4 Å². The largest absolute Gasteiger partial charge is 0.593 e. The van der Waals surface area contributed by atoms with Crippen molar-refractivity contribution in [3.8, 4) is 11.1 Å². The smallest absolute Gasteiger partial charge is 0.315 e. The second kappa shape index (κ2) is 11.1. The summed E-state index contributed by atoms with van der Waals surface area (Å²) >= 11 is -1.29. The van der Waals surface area contributed by atoms with Crippen LogP contribution in [-0.4, -0.2) is 27.7 Å². The number of hydrogen-bond acceptors (Lipinski definition) is 4. The number of carbonyl (C=O) groups excluding carboxylic acids is 1. The van der Waals surface area contributed by atoms with Crippen molar-refractivity contribution < 1.29 is 9.35 Å². The third kappa shape index (κ3) is 6.09. The Morgan fingerprint density at radius 3 is 2.41 bits per heavy atom. The van der Waals surface area contributed by atoms with E-state index in [0.29, 0.717) is 6.54 Å². The number of rotatable bonds is 7. The fourth-order valence-electron chi connectivity index (χ4n) is 3.98. The summed E-state index contributed by atoms with van der Waals surface area (Å²) in [5.41, 5.74) is 3.01. The number of nitrogens with zero attached hydrogens (tertiary/aromatic N) is 1. The van der Waals surface area contributed by atoms with Crippen molar-refractivity contribution in [1.82, 2.24) is 20.3 Å². The lowest BCUT2D eigenvalue weighted by molar-refractivity contribution is 0.230. The maximum atomic E-state index is 13.1. The number of aromatic nitrogens is 1. The molecule has 1 aliphatic carbocycles. The third-order valence-electron chi connectivity index (χ3n) is 5.68. The zero-order valence-electron chi connectivity index (χ0n) is 17.9. The molecule has 0 saturated heterocycles. The zero-order chi connectivity index (χ0) is 22.2. The first kappa shape index (κ1) is 22.3. The van der Waals surface area contributed by atoms with E-state index in [1.165, 1.54) is 0 Å². The van der Waals surface area contributed by atoms with Crippen LogP contribution in [0.25, 0.3) is 11.1 Å². The van der Waals surface area contributed by atoms with Crippen molar-refractivity contribution in [1.29, 1.82) is 0 Å². The molecule has 6 nitrogen and oxygen atoms in total. The number of urea groups is 1. The predicted molar refractivity (Wildman–Crippen MR) is 127 cm³/mol. The molecule has 0 radical (unpaired) electrons. The molecule has 1 heterocycles. The Balaban J connectivity index is 1.25. The fourth-order valence-corrected chi connectivity index (χ4v) is 5.23. The van der Waals surface area contributed by atoms with E-state index >= 15 is 0 Å². The molecular formula is C25H28N4O2S. The molecule has 32 heavy (non-hydrogen) atoms. The minimum absolute atomic E-state index is 0.131. The van der Waals surface area contributed by atoms with E-state index in [0.717, 1.165) is 47.3 Å². The van der Waals surface area contributed by atoms with Gasteiger partial charge in [0.2, 0.25) is 0 Å². The normalized spacial score (nSPS) is 19.2. The van der Waals surface area contributed by atoms with Crippen molar-refractivity contribution >= 4 is 17.4 Å². The summed E-state index contributed by atoms with van der Waals surface area (Å²) in [6, 6.07) is 21.8. The highest BCUT2D eigenvalue weighted by Gasteiger charge is 2.27. The number of hydrogen-bond donors (Lipinski definition) is 3. The van der Waals surface area contributed by atoms with E-state index in [9.17, 15) is 9.35 Å². The van der Waals surface area contributed by atoms with Gasteiger partial charge in [-0.1, -0.05) is 48.5 Å². The summed E-state index contributed by atoms with van der Waals surface area (Å²) < 4.78 is 16.4. The Morgan fingerprint density at radius 2 is 1.66 bits per heavy atom. The zero-order valence-corrected chi connectivity index (χ0v) is 18.7. The molecule has 3 aromatic rings. The van der Waals surface area contributed by atoms with Gasteiger partial charge in [-0.25, -0.2) is 4.79 Å². The van der Waals surface area contributed by atoms with Gasteiger partial charge < -0.3 is 15.2 Å². The molecule has 1 fully saturated rings.